The Morgan fingerprint density at radius 1 is 0.931 bits per heavy atom. The van der Waals surface area contributed by atoms with Crippen LogP contribution in [0.2, 0.25) is 0 Å². The highest BCUT2D eigenvalue weighted by molar-refractivity contribution is 9.10. The van der Waals surface area contributed by atoms with E-state index in [9.17, 15) is 8.42 Å². The smallest absolute Gasteiger partial charge is 0.269 e. The molecule has 0 unspecified atom stereocenters. The average molecular weight is 471 g/mol. The van der Waals surface area contributed by atoms with Crippen LogP contribution in [0, 0.1) is 0 Å². The second-order valence-corrected chi connectivity index (χ2v) is 9.64. The molecule has 29 heavy (non-hydrogen) atoms. The van der Waals surface area contributed by atoms with Crippen LogP contribution in [0.1, 0.15) is 0 Å². The van der Waals surface area contributed by atoms with Gasteiger partial charge in [-0.2, -0.15) is 0 Å². The standard InChI is InChI=1S/C21H19BrN4O2S/c22-17-6-2-4-8-19(17)29(27,28)26-12-9-16-20(26)15-5-1-3-7-18(15)24-21(16)25-13-10-23-11-14-25/h1-9,12,23H,10-11,13-14H2. The second kappa shape index (κ2) is 7.12. The van der Waals surface area contributed by atoms with Gasteiger partial charge < -0.3 is 10.2 Å². The summed E-state index contributed by atoms with van der Waals surface area (Å²) in [6.45, 7) is 3.43. The highest BCUT2D eigenvalue weighted by Gasteiger charge is 2.25. The Hall–Kier alpha value is -2.42. The number of pyridine rings is 1. The molecule has 3 heterocycles. The molecule has 1 N–H and O–H groups in total. The molecule has 1 saturated heterocycles. The van der Waals surface area contributed by atoms with Gasteiger partial charge in [0.2, 0.25) is 0 Å². The van der Waals surface area contributed by atoms with E-state index in [0.29, 0.717) is 9.99 Å². The molecule has 6 nitrogen and oxygen atoms in total. The SMILES string of the molecule is O=S(=O)(c1ccccc1Br)n1ccc2c(N3CCNCC3)nc3ccccc3c21. The molecule has 5 rings (SSSR count). The van der Waals surface area contributed by atoms with Gasteiger partial charge in [-0.25, -0.2) is 17.4 Å². The summed E-state index contributed by atoms with van der Waals surface area (Å²) in [5.74, 6) is 0.835. The molecule has 148 valence electrons. The first kappa shape index (κ1) is 18.6. The molecule has 8 heteroatoms. The quantitative estimate of drug-likeness (QED) is 0.495. The summed E-state index contributed by atoms with van der Waals surface area (Å²) in [5, 5.41) is 5.02. The molecule has 1 aliphatic heterocycles. The van der Waals surface area contributed by atoms with Gasteiger partial charge in [0.1, 0.15) is 10.7 Å². The zero-order valence-corrected chi connectivity index (χ0v) is 17.9. The van der Waals surface area contributed by atoms with E-state index in [2.05, 4.69) is 26.1 Å². The predicted molar refractivity (Wildman–Crippen MR) is 119 cm³/mol. The lowest BCUT2D eigenvalue weighted by atomic mass is 10.1. The molecular formula is C21H19BrN4O2S. The van der Waals surface area contributed by atoms with Gasteiger partial charge in [0.25, 0.3) is 10.0 Å². The number of rotatable bonds is 3. The molecule has 0 spiro atoms. The zero-order chi connectivity index (χ0) is 20.0. The number of hydrogen-bond acceptors (Lipinski definition) is 5. The Labute approximate surface area is 177 Å². The fraction of sp³-hybridized carbons (Fsp3) is 0.190. The monoisotopic (exact) mass is 470 g/mol. The first-order chi connectivity index (χ1) is 14.1. The molecule has 1 fully saturated rings. The van der Waals surface area contributed by atoms with Gasteiger partial charge in [-0.1, -0.05) is 30.3 Å². The van der Waals surface area contributed by atoms with Crippen molar-refractivity contribution in [3.05, 3.63) is 65.3 Å². The maximum absolute atomic E-state index is 13.5. The molecule has 0 saturated carbocycles. The first-order valence-corrected chi connectivity index (χ1v) is 11.7. The zero-order valence-electron chi connectivity index (χ0n) is 15.5. The van der Waals surface area contributed by atoms with E-state index in [-0.39, 0.29) is 4.90 Å². The van der Waals surface area contributed by atoms with Crippen molar-refractivity contribution in [3.8, 4) is 0 Å². The van der Waals surface area contributed by atoms with Crippen LogP contribution in [0.15, 0.2) is 70.2 Å². The van der Waals surface area contributed by atoms with E-state index in [1.807, 2.05) is 30.3 Å². The van der Waals surface area contributed by atoms with Crippen molar-refractivity contribution in [3.63, 3.8) is 0 Å². The van der Waals surface area contributed by atoms with Gasteiger partial charge in [-0.15, -0.1) is 0 Å². The molecule has 0 amide bonds. The molecule has 0 atom stereocenters. The van der Waals surface area contributed by atoms with E-state index in [1.54, 1.807) is 30.5 Å². The van der Waals surface area contributed by atoms with Crippen LogP contribution in [0.4, 0.5) is 5.82 Å². The number of para-hydroxylation sites is 1. The first-order valence-electron chi connectivity index (χ1n) is 9.43. The Balaban J connectivity index is 1.82. The van der Waals surface area contributed by atoms with Gasteiger partial charge in [-0.05, 0) is 40.2 Å². The average Bonchev–Trinajstić information content (AvgIpc) is 3.20. The van der Waals surface area contributed by atoms with Crippen molar-refractivity contribution >= 4 is 53.6 Å². The number of halogens is 1. The summed E-state index contributed by atoms with van der Waals surface area (Å²) in [7, 11) is -3.78. The minimum Gasteiger partial charge on any atom is -0.353 e. The van der Waals surface area contributed by atoms with E-state index in [1.165, 1.54) is 3.97 Å². The lowest BCUT2D eigenvalue weighted by Crippen LogP contribution is -2.44. The molecule has 1 aliphatic rings. The lowest BCUT2D eigenvalue weighted by Gasteiger charge is -2.29. The minimum absolute atomic E-state index is 0.238. The van der Waals surface area contributed by atoms with Gasteiger partial charge in [-0.3, -0.25) is 0 Å². The topological polar surface area (TPSA) is 67.2 Å². The van der Waals surface area contributed by atoms with Crippen LogP contribution < -0.4 is 10.2 Å². The summed E-state index contributed by atoms with van der Waals surface area (Å²) in [4.78, 5) is 7.35. The highest BCUT2D eigenvalue weighted by atomic mass is 79.9. The largest absolute Gasteiger partial charge is 0.353 e. The molecule has 0 aliphatic carbocycles. The van der Waals surface area contributed by atoms with Crippen LogP contribution in [0.5, 0.6) is 0 Å². The fourth-order valence-electron chi connectivity index (χ4n) is 3.88. The van der Waals surface area contributed by atoms with Crippen molar-refractivity contribution in [1.82, 2.24) is 14.3 Å². The molecular weight excluding hydrogens is 452 g/mol. The highest BCUT2D eigenvalue weighted by Crippen LogP contribution is 2.35. The van der Waals surface area contributed by atoms with Crippen LogP contribution in [-0.2, 0) is 10.0 Å². The number of fused-ring (bicyclic) bond motifs is 3. The molecule has 2 aromatic heterocycles. The third kappa shape index (κ3) is 3.02. The van der Waals surface area contributed by atoms with Crippen LogP contribution in [0.3, 0.4) is 0 Å². The van der Waals surface area contributed by atoms with Gasteiger partial charge in [0.05, 0.1) is 11.0 Å². The Kier molecular flexibility index (Phi) is 4.57. The maximum Gasteiger partial charge on any atom is 0.269 e. The van der Waals surface area contributed by atoms with Crippen LogP contribution in [-0.4, -0.2) is 43.6 Å². The molecule has 0 radical (unpaired) electrons. The molecule has 0 bridgehead atoms. The van der Waals surface area contributed by atoms with E-state index < -0.39 is 10.0 Å². The predicted octanol–water partition coefficient (Wildman–Crippen LogP) is 3.60. The Bertz CT molecular complexity index is 1330. The van der Waals surface area contributed by atoms with E-state index in [4.69, 9.17) is 4.98 Å². The number of benzene rings is 2. The van der Waals surface area contributed by atoms with Crippen molar-refractivity contribution in [2.24, 2.45) is 0 Å². The minimum atomic E-state index is -3.78. The third-order valence-electron chi connectivity index (χ3n) is 5.27. The van der Waals surface area contributed by atoms with Crippen molar-refractivity contribution in [2.75, 3.05) is 31.1 Å². The fourth-order valence-corrected chi connectivity index (χ4v) is 6.22. The Morgan fingerprint density at radius 3 is 2.45 bits per heavy atom. The van der Waals surface area contributed by atoms with E-state index >= 15 is 0 Å². The van der Waals surface area contributed by atoms with E-state index in [0.717, 1.165) is 48.3 Å². The van der Waals surface area contributed by atoms with Crippen molar-refractivity contribution in [2.45, 2.75) is 4.90 Å². The summed E-state index contributed by atoms with van der Waals surface area (Å²) in [5.41, 5.74) is 1.45. The molecule has 2 aromatic carbocycles. The van der Waals surface area contributed by atoms with Gasteiger partial charge >= 0.3 is 0 Å². The lowest BCUT2D eigenvalue weighted by molar-refractivity contribution is 0.586. The number of anilines is 1. The summed E-state index contributed by atoms with van der Waals surface area (Å²) < 4.78 is 29.0. The summed E-state index contributed by atoms with van der Waals surface area (Å²) in [6.07, 6.45) is 1.64. The summed E-state index contributed by atoms with van der Waals surface area (Å²) >= 11 is 3.39. The number of nitrogens with one attached hydrogen (secondary N) is 1. The number of aromatic nitrogens is 2. The molecule has 4 aromatic rings. The van der Waals surface area contributed by atoms with Crippen LogP contribution in [0.25, 0.3) is 21.8 Å². The number of nitrogens with zero attached hydrogens (tertiary/aromatic N) is 3. The van der Waals surface area contributed by atoms with Crippen LogP contribution >= 0.6 is 15.9 Å². The summed E-state index contributed by atoms with van der Waals surface area (Å²) in [6, 6.07) is 16.5. The maximum atomic E-state index is 13.5. The third-order valence-corrected chi connectivity index (χ3v) is 7.96. The number of hydrogen-bond donors (Lipinski definition) is 1. The van der Waals surface area contributed by atoms with Gasteiger partial charge in [0.15, 0.2) is 0 Å². The van der Waals surface area contributed by atoms with Gasteiger partial charge in [0, 0.05) is 47.6 Å². The second-order valence-electron chi connectivity index (χ2n) is 7.00. The Morgan fingerprint density at radius 2 is 1.66 bits per heavy atom. The number of piperazine rings is 1. The normalized spacial score (nSPS) is 15.3. The van der Waals surface area contributed by atoms with Crippen molar-refractivity contribution in [1.29, 1.82) is 0 Å². The van der Waals surface area contributed by atoms with Crippen molar-refractivity contribution < 1.29 is 8.42 Å².